The van der Waals surface area contributed by atoms with Gasteiger partial charge in [-0.3, -0.25) is 5.32 Å². The normalized spacial score (nSPS) is 22.2. The fourth-order valence-electron chi connectivity index (χ4n) is 4.20. The Morgan fingerprint density at radius 1 is 1.03 bits per heavy atom. The SMILES string of the molecule is CS(=O)(=O)C1/C=C(/c2ccc(F)cc2)N([O-])C(Cc2cc(C(F)(F)F)cc(C(F)(F)F)c2)C2=C(NCNC2)O1. The van der Waals surface area contributed by atoms with Crippen LogP contribution in [0.25, 0.3) is 5.70 Å². The van der Waals surface area contributed by atoms with Crippen LogP contribution >= 0.6 is 0 Å². The molecule has 0 spiro atoms. The molecule has 15 heteroatoms. The number of benzene rings is 2. The molecule has 2 aromatic rings. The third-order valence-corrected chi connectivity index (χ3v) is 7.15. The van der Waals surface area contributed by atoms with Crippen LogP contribution in [0.15, 0.2) is 60.0 Å². The van der Waals surface area contributed by atoms with Crippen LogP contribution in [0.5, 0.6) is 0 Å². The van der Waals surface area contributed by atoms with Crippen LogP contribution < -0.4 is 10.6 Å². The molecule has 39 heavy (non-hydrogen) atoms. The molecular weight excluding hydrogens is 559 g/mol. The Labute approximate surface area is 218 Å². The molecule has 0 aliphatic carbocycles. The van der Waals surface area contributed by atoms with E-state index in [9.17, 15) is 44.4 Å². The van der Waals surface area contributed by atoms with Gasteiger partial charge >= 0.3 is 12.4 Å². The van der Waals surface area contributed by atoms with E-state index in [1.54, 1.807) is 0 Å². The predicted octanol–water partition coefficient (Wildman–Crippen LogP) is 4.38. The monoisotopic (exact) mass is 580 g/mol. The van der Waals surface area contributed by atoms with E-state index >= 15 is 0 Å². The van der Waals surface area contributed by atoms with Crippen molar-refractivity contribution in [1.82, 2.24) is 15.7 Å². The minimum Gasteiger partial charge on any atom is -0.758 e. The Kier molecular flexibility index (Phi) is 7.62. The zero-order chi connectivity index (χ0) is 28.8. The van der Waals surface area contributed by atoms with Crippen LogP contribution in [0.4, 0.5) is 30.7 Å². The number of hydroxylamine groups is 2. The number of rotatable bonds is 4. The van der Waals surface area contributed by atoms with Gasteiger partial charge in [-0.1, -0.05) is 12.1 Å². The molecule has 0 amide bonds. The highest BCUT2D eigenvalue weighted by atomic mass is 32.2. The molecular formula is C24H21F7N3O4S-. The lowest BCUT2D eigenvalue weighted by Gasteiger charge is -2.45. The smallest absolute Gasteiger partial charge is 0.416 e. The lowest BCUT2D eigenvalue weighted by Crippen LogP contribution is -2.47. The highest BCUT2D eigenvalue weighted by molar-refractivity contribution is 7.91. The maximum Gasteiger partial charge on any atom is 0.416 e. The number of hydrogen-bond donors (Lipinski definition) is 2. The fraction of sp³-hybridized carbons (Fsp3) is 0.333. The highest BCUT2D eigenvalue weighted by Gasteiger charge is 2.38. The lowest BCUT2D eigenvalue weighted by atomic mass is 9.93. The molecule has 0 fully saturated rings. The van der Waals surface area contributed by atoms with Gasteiger partial charge in [0.15, 0.2) is 15.7 Å². The fourth-order valence-corrected chi connectivity index (χ4v) is 4.85. The van der Waals surface area contributed by atoms with E-state index in [0.29, 0.717) is 17.2 Å². The van der Waals surface area contributed by atoms with E-state index in [-0.39, 0.29) is 42.0 Å². The second-order valence-corrected chi connectivity index (χ2v) is 11.1. The van der Waals surface area contributed by atoms with Crippen molar-refractivity contribution < 1.29 is 43.9 Å². The second-order valence-electron chi connectivity index (χ2n) is 8.97. The molecule has 2 heterocycles. The summed E-state index contributed by atoms with van der Waals surface area (Å²) in [6.45, 7) is -0.0127. The third kappa shape index (κ3) is 6.47. The van der Waals surface area contributed by atoms with Crippen molar-refractivity contribution in [3.8, 4) is 0 Å². The Morgan fingerprint density at radius 2 is 1.62 bits per heavy atom. The molecule has 2 aromatic carbocycles. The highest BCUT2D eigenvalue weighted by Crippen LogP contribution is 2.38. The summed E-state index contributed by atoms with van der Waals surface area (Å²) in [5.74, 6) is -0.808. The van der Waals surface area contributed by atoms with Crippen LogP contribution in [-0.2, 0) is 33.3 Å². The topological polar surface area (TPSA) is 93.7 Å². The number of sulfone groups is 1. The van der Waals surface area contributed by atoms with E-state index in [0.717, 1.165) is 24.5 Å². The zero-order valence-corrected chi connectivity index (χ0v) is 20.8. The summed E-state index contributed by atoms with van der Waals surface area (Å²) in [5, 5.41) is 19.7. The maximum atomic E-state index is 13.8. The van der Waals surface area contributed by atoms with Crippen molar-refractivity contribution in [2.75, 3.05) is 19.5 Å². The van der Waals surface area contributed by atoms with Crippen molar-refractivity contribution in [2.24, 2.45) is 0 Å². The van der Waals surface area contributed by atoms with Gasteiger partial charge < -0.3 is 20.3 Å². The summed E-state index contributed by atoms with van der Waals surface area (Å²) >= 11 is 0. The Balaban J connectivity index is 1.88. The first-order valence-corrected chi connectivity index (χ1v) is 13.2. The van der Waals surface area contributed by atoms with Gasteiger partial charge in [0.2, 0.25) is 5.44 Å². The summed E-state index contributed by atoms with van der Waals surface area (Å²) in [6.07, 6.45) is -9.02. The number of nitrogens with one attached hydrogen (secondary N) is 2. The third-order valence-electron chi connectivity index (χ3n) is 6.07. The average Bonchev–Trinajstić information content (AvgIpc) is 2.83. The largest absolute Gasteiger partial charge is 0.758 e. The van der Waals surface area contributed by atoms with Crippen molar-refractivity contribution in [2.45, 2.75) is 30.3 Å². The summed E-state index contributed by atoms with van der Waals surface area (Å²) in [5.41, 5.74) is -5.43. The molecule has 7 nitrogen and oxygen atoms in total. The summed E-state index contributed by atoms with van der Waals surface area (Å²) < 4.78 is 125. The summed E-state index contributed by atoms with van der Waals surface area (Å²) in [7, 11) is -3.99. The average molecular weight is 581 g/mol. The molecule has 2 unspecified atom stereocenters. The van der Waals surface area contributed by atoms with E-state index in [1.165, 1.54) is 12.1 Å². The molecule has 212 valence electrons. The van der Waals surface area contributed by atoms with Gasteiger partial charge in [0.1, 0.15) is 5.82 Å². The van der Waals surface area contributed by atoms with Gasteiger partial charge in [0.05, 0.1) is 17.8 Å². The standard InChI is InChI=1S/C24H21F7N3O4S/c1-39(36,37)21-10-19(14-2-4-17(25)5-3-14)34(35)20(18-11-32-12-33-22(18)38-21)8-13-6-15(23(26,27)28)9-16(7-13)24(29,30)31/h2-7,9-10,20-21,32-33H,8,11-12H2,1H3/q-1/b19-10-. The second kappa shape index (κ2) is 10.4. The van der Waals surface area contributed by atoms with Gasteiger partial charge in [0, 0.05) is 30.1 Å². The first-order chi connectivity index (χ1) is 18.0. The predicted molar refractivity (Wildman–Crippen MR) is 126 cm³/mol. The van der Waals surface area contributed by atoms with Crippen molar-refractivity contribution in [3.63, 3.8) is 0 Å². The molecule has 0 saturated heterocycles. The minimum absolute atomic E-state index is 0.0192. The first kappa shape index (κ1) is 28.7. The molecule has 2 aliphatic heterocycles. The van der Waals surface area contributed by atoms with Gasteiger partial charge in [-0.05, 0) is 54.0 Å². The Hall–Kier alpha value is -3.30. The van der Waals surface area contributed by atoms with E-state index in [2.05, 4.69) is 10.6 Å². The van der Waals surface area contributed by atoms with E-state index in [1.807, 2.05) is 0 Å². The zero-order valence-electron chi connectivity index (χ0n) is 20.0. The minimum atomic E-state index is -5.10. The number of ether oxygens (including phenoxy) is 1. The number of halogens is 7. The Bertz CT molecular complexity index is 1370. The van der Waals surface area contributed by atoms with Gasteiger partial charge in [-0.25, -0.2) is 12.8 Å². The molecule has 0 radical (unpaired) electrons. The van der Waals surface area contributed by atoms with Crippen molar-refractivity contribution >= 4 is 15.5 Å². The van der Waals surface area contributed by atoms with Crippen LogP contribution in [0.3, 0.4) is 0 Å². The quantitative estimate of drug-likeness (QED) is 0.519. The van der Waals surface area contributed by atoms with Gasteiger partial charge in [-0.15, -0.1) is 0 Å². The van der Waals surface area contributed by atoms with Crippen LogP contribution in [0.1, 0.15) is 22.3 Å². The number of nitrogens with zero attached hydrogens (tertiary/aromatic N) is 1. The molecule has 2 N–H and O–H groups in total. The van der Waals surface area contributed by atoms with Crippen molar-refractivity contribution in [1.29, 1.82) is 0 Å². The van der Waals surface area contributed by atoms with Crippen LogP contribution in [0.2, 0.25) is 0 Å². The molecule has 0 saturated carbocycles. The summed E-state index contributed by atoms with van der Waals surface area (Å²) in [4.78, 5) is 0. The maximum absolute atomic E-state index is 13.8. The lowest BCUT2D eigenvalue weighted by molar-refractivity contribution is -0.143. The van der Waals surface area contributed by atoms with E-state index < -0.39 is 62.6 Å². The molecule has 4 rings (SSSR count). The van der Waals surface area contributed by atoms with Crippen LogP contribution in [0, 0.1) is 11.0 Å². The number of hydrogen-bond acceptors (Lipinski definition) is 7. The summed E-state index contributed by atoms with van der Waals surface area (Å²) in [6, 6.07) is 3.96. The number of alkyl halides is 6. The van der Waals surface area contributed by atoms with Crippen LogP contribution in [-0.4, -0.2) is 44.4 Å². The molecule has 2 atom stereocenters. The molecule has 2 aliphatic rings. The molecule has 0 aromatic heterocycles. The van der Waals surface area contributed by atoms with E-state index in [4.69, 9.17) is 4.74 Å². The van der Waals surface area contributed by atoms with Crippen molar-refractivity contribution in [3.05, 3.63) is 93.3 Å². The molecule has 0 bridgehead atoms. The first-order valence-electron chi connectivity index (χ1n) is 11.3. The van der Waals surface area contributed by atoms with Gasteiger partial charge in [0.25, 0.3) is 0 Å². The Morgan fingerprint density at radius 3 is 2.15 bits per heavy atom. The van der Waals surface area contributed by atoms with Gasteiger partial charge in [-0.2, -0.15) is 26.3 Å².